The van der Waals surface area contributed by atoms with E-state index in [4.69, 9.17) is 9.84 Å². The standard InChI is InChI=1S/C15H20N2O5S/c1-9-7-17(8-12(22-9)15(20)21)14(19)6-11(16-10(2)18)13-4-3-5-23-13/h3-5,9,11-12H,6-8H2,1-2H3,(H,16,18)(H,20,21)/t9-,11?,12?/m1/s1. The maximum absolute atomic E-state index is 12.5. The molecule has 0 saturated carbocycles. The first-order valence-corrected chi connectivity index (χ1v) is 8.21. The zero-order chi connectivity index (χ0) is 17.0. The van der Waals surface area contributed by atoms with Crippen LogP contribution in [0.1, 0.15) is 31.2 Å². The van der Waals surface area contributed by atoms with Gasteiger partial charge in [-0.05, 0) is 18.4 Å². The van der Waals surface area contributed by atoms with Crippen molar-refractivity contribution in [2.45, 2.75) is 38.5 Å². The molecule has 126 valence electrons. The highest BCUT2D eigenvalue weighted by Crippen LogP contribution is 2.24. The minimum Gasteiger partial charge on any atom is -0.479 e. The third-order valence-corrected chi connectivity index (χ3v) is 4.52. The fraction of sp³-hybridized carbons (Fsp3) is 0.533. The number of aliphatic carboxylic acids is 1. The van der Waals surface area contributed by atoms with Crippen molar-refractivity contribution in [1.82, 2.24) is 10.2 Å². The predicted molar refractivity (Wildman–Crippen MR) is 84.0 cm³/mol. The van der Waals surface area contributed by atoms with Crippen molar-refractivity contribution in [3.8, 4) is 0 Å². The molecular formula is C15H20N2O5S. The second-order valence-electron chi connectivity index (χ2n) is 5.54. The van der Waals surface area contributed by atoms with Crippen LogP contribution in [0.25, 0.3) is 0 Å². The number of carbonyl (C=O) groups is 3. The minimum atomic E-state index is -1.08. The number of carboxylic acids is 1. The van der Waals surface area contributed by atoms with Gasteiger partial charge in [0, 0.05) is 18.3 Å². The van der Waals surface area contributed by atoms with Gasteiger partial charge in [0.1, 0.15) is 0 Å². The molecule has 8 heteroatoms. The summed E-state index contributed by atoms with van der Waals surface area (Å²) in [6.45, 7) is 3.51. The zero-order valence-electron chi connectivity index (χ0n) is 13.0. The fourth-order valence-electron chi connectivity index (χ4n) is 2.55. The first kappa shape index (κ1) is 17.4. The molecule has 1 fully saturated rings. The van der Waals surface area contributed by atoms with Gasteiger partial charge in [0.15, 0.2) is 6.10 Å². The Morgan fingerprint density at radius 3 is 2.78 bits per heavy atom. The van der Waals surface area contributed by atoms with Crippen LogP contribution in [0.5, 0.6) is 0 Å². The van der Waals surface area contributed by atoms with Crippen molar-refractivity contribution in [1.29, 1.82) is 0 Å². The van der Waals surface area contributed by atoms with Gasteiger partial charge < -0.3 is 20.1 Å². The maximum Gasteiger partial charge on any atom is 0.334 e. The lowest BCUT2D eigenvalue weighted by atomic mass is 10.1. The van der Waals surface area contributed by atoms with Gasteiger partial charge in [-0.2, -0.15) is 0 Å². The first-order valence-electron chi connectivity index (χ1n) is 7.33. The number of nitrogens with one attached hydrogen (secondary N) is 1. The second kappa shape index (κ2) is 7.56. The van der Waals surface area contributed by atoms with Crippen molar-refractivity contribution in [3.05, 3.63) is 22.4 Å². The molecule has 1 aromatic heterocycles. The molecule has 2 N–H and O–H groups in total. The summed E-state index contributed by atoms with van der Waals surface area (Å²) in [7, 11) is 0. The Labute approximate surface area is 138 Å². The molecule has 0 aromatic carbocycles. The highest BCUT2D eigenvalue weighted by Gasteiger charge is 2.33. The van der Waals surface area contributed by atoms with E-state index in [0.717, 1.165) is 4.88 Å². The van der Waals surface area contributed by atoms with Crippen LogP contribution in [0.4, 0.5) is 0 Å². The average Bonchev–Trinajstić information content (AvgIpc) is 2.99. The lowest BCUT2D eigenvalue weighted by molar-refractivity contribution is -0.166. The molecule has 0 spiro atoms. The smallest absolute Gasteiger partial charge is 0.334 e. The van der Waals surface area contributed by atoms with Gasteiger partial charge in [-0.15, -0.1) is 11.3 Å². The van der Waals surface area contributed by atoms with E-state index in [2.05, 4.69) is 5.32 Å². The van der Waals surface area contributed by atoms with Gasteiger partial charge in [0.05, 0.1) is 25.1 Å². The Morgan fingerprint density at radius 2 is 2.22 bits per heavy atom. The molecule has 0 bridgehead atoms. The molecule has 1 aromatic rings. The molecule has 1 aliphatic heterocycles. The van der Waals surface area contributed by atoms with Gasteiger partial charge in [0.25, 0.3) is 0 Å². The molecule has 0 aliphatic carbocycles. The largest absolute Gasteiger partial charge is 0.479 e. The van der Waals surface area contributed by atoms with Crippen molar-refractivity contribution < 1.29 is 24.2 Å². The number of thiophene rings is 1. The Hall–Kier alpha value is -1.93. The van der Waals surface area contributed by atoms with Gasteiger partial charge >= 0.3 is 5.97 Å². The number of amides is 2. The molecule has 2 rings (SSSR count). The van der Waals surface area contributed by atoms with Crippen molar-refractivity contribution in [3.63, 3.8) is 0 Å². The molecule has 0 radical (unpaired) electrons. The third-order valence-electron chi connectivity index (χ3n) is 3.53. The zero-order valence-corrected chi connectivity index (χ0v) is 13.8. The number of nitrogens with zero attached hydrogens (tertiary/aromatic N) is 1. The summed E-state index contributed by atoms with van der Waals surface area (Å²) in [6.07, 6.45) is -1.25. The van der Waals surface area contributed by atoms with E-state index >= 15 is 0 Å². The summed E-state index contributed by atoms with van der Waals surface area (Å²) in [5, 5.41) is 13.7. The quantitative estimate of drug-likeness (QED) is 0.834. The van der Waals surface area contributed by atoms with Crippen LogP contribution in [-0.4, -0.2) is 53.1 Å². The summed E-state index contributed by atoms with van der Waals surface area (Å²) in [5.41, 5.74) is 0. The summed E-state index contributed by atoms with van der Waals surface area (Å²) >= 11 is 1.46. The van der Waals surface area contributed by atoms with Crippen LogP contribution in [0, 0.1) is 0 Å². The highest BCUT2D eigenvalue weighted by molar-refractivity contribution is 7.10. The average molecular weight is 340 g/mol. The van der Waals surface area contributed by atoms with E-state index in [1.807, 2.05) is 17.5 Å². The summed E-state index contributed by atoms with van der Waals surface area (Å²) < 4.78 is 5.31. The van der Waals surface area contributed by atoms with Crippen LogP contribution < -0.4 is 5.32 Å². The summed E-state index contributed by atoms with van der Waals surface area (Å²) in [5.74, 6) is -1.49. The molecule has 2 amide bonds. The molecule has 3 atom stereocenters. The number of carboxylic acid groups (broad SMARTS) is 1. The molecular weight excluding hydrogens is 320 g/mol. The van der Waals surface area contributed by atoms with E-state index < -0.39 is 18.1 Å². The number of hydrogen-bond acceptors (Lipinski definition) is 5. The van der Waals surface area contributed by atoms with Crippen molar-refractivity contribution in [2.75, 3.05) is 13.1 Å². The van der Waals surface area contributed by atoms with Crippen molar-refractivity contribution >= 4 is 29.1 Å². The SMILES string of the molecule is CC(=O)NC(CC(=O)N1CC(C(=O)O)O[C@H](C)C1)c1cccs1. The summed E-state index contributed by atoms with van der Waals surface area (Å²) in [4.78, 5) is 37.4. The van der Waals surface area contributed by atoms with Crippen LogP contribution in [0.2, 0.25) is 0 Å². The lowest BCUT2D eigenvalue weighted by Crippen LogP contribution is -2.52. The van der Waals surface area contributed by atoms with E-state index in [0.29, 0.717) is 6.54 Å². The van der Waals surface area contributed by atoms with Gasteiger partial charge in [-0.25, -0.2) is 4.79 Å². The Bertz CT molecular complexity index is 574. The Balaban J connectivity index is 2.05. The minimum absolute atomic E-state index is 0.0236. The highest BCUT2D eigenvalue weighted by atomic mass is 32.1. The van der Waals surface area contributed by atoms with Gasteiger partial charge in [-0.3, -0.25) is 9.59 Å². The number of morpholine rings is 1. The topological polar surface area (TPSA) is 95.9 Å². The van der Waals surface area contributed by atoms with Crippen LogP contribution in [-0.2, 0) is 19.1 Å². The number of rotatable bonds is 5. The number of hydrogen-bond donors (Lipinski definition) is 2. The molecule has 1 saturated heterocycles. The van der Waals surface area contributed by atoms with E-state index in [-0.39, 0.29) is 30.9 Å². The third kappa shape index (κ3) is 4.77. The van der Waals surface area contributed by atoms with Crippen molar-refractivity contribution in [2.24, 2.45) is 0 Å². The number of ether oxygens (including phenoxy) is 1. The normalized spacial score (nSPS) is 22.4. The predicted octanol–water partition coefficient (Wildman–Crippen LogP) is 1.02. The van der Waals surface area contributed by atoms with E-state index in [1.165, 1.54) is 23.2 Å². The molecule has 2 unspecified atom stereocenters. The molecule has 23 heavy (non-hydrogen) atoms. The van der Waals surface area contributed by atoms with E-state index in [1.54, 1.807) is 6.92 Å². The second-order valence-corrected chi connectivity index (χ2v) is 6.52. The fourth-order valence-corrected chi connectivity index (χ4v) is 3.33. The van der Waals surface area contributed by atoms with Crippen LogP contribution >= 0.6 is 11.3 Å². The number of carbonyl (C=O) groups excluding carboxylic acids is 2. The molecule has 1 aliphatic rings. The lowest BCUT2D eigenvalue weighted by Gasteiger charge is -2.35. The summed E-state index contributed by atoms with van der Waals surface area (Å²) in [6, 6.07) is 3.32. The maximum atomic E-state index is 12.5. The van der Waals surface area contributed by atoms with Crippen LogP contribution in [0.3, 0.4) is 0 Å². The Morgan fingerprint density at radius 1 is 1.48 bits per heavy atom. The first-order chi connectivity index (χ1) is 10.9. The molecule has 7 nitrogen and oxygen atoms in total. The Kier molecular flexibility index (Phi) is 5.73. The van der Waals surface area contributed by atoms with Crippen LogP contribution in [0.15, 0.2) is 17.5 Å². The monoisotopic (exact) mass is 340 g/mol. The van der Waals surface area contributed by atoms with Gasteiger partial charge in [0.2, 0.25) is 11.8 Å². The van der Waals surface area contributed by atoms with E-state index in [9.17, 15) is 14.4 Å². The van der Waals surface area contributed by atoms with Gasteiger partial charge in [-0.1, -0.05) is 6.07 Å². The molecule has 2 heterocycles.